The highest BCUT2D eigenvalue weighted by Gasteiger charge is 2.17. The quantitative estimate of drug-likeness (QED) is 0.610. The molecule has 0 radical (unpaired) electrons. The third-order valence-corrected chi connectivity index (χ3v) is 2.87. The molecule has 0 unspecified atom stereocenters. The molecule has 0 aliphatic rings. The minimum Gasteiger partial charge on any atom is -0.385 e. The van der Waals surface area contributed by atoms with Crippen LogP contribution in [-0.4, -0.2) is 67.4 Å². The van der Waals surface area contributed by atoms with E-state index in [1.165, 1.54) is 0 Å². The standard InChI is InChI=1S/C13H24N4O3/c1-19-8-3-5-17(7-9-20-2)13(18)12-10-16(6-4-14)11-15-12/h10-11H,3-9,14H2,1-2H3. The van der Waals surface area contributed by atoms with Crippen LogP contribution in [0.3, 0.4) is 0 Å². The zero-order chi connectivity index (χ0) is 14.8. The highest BCUT2D eigenvalue weighted by Crippen LogP contribution is 2.04. The minimum absolute atomic E-state index is 0.0890. The van der Waals surface area contributed by atoms with Crippen LogP contribution in [0, 0.1) is 0 Å². The van der Waals surface area contributed by atoms with Gasteiger partial charge in [-0.05, 0) is 6.42 Å². The van der Waals surface area contributed by atoms with Gasteiger partial charge >= 0.3 is 0 Å². The maximum absolute atomic E-state index is 12.4. The molecule has 1 rings (SSSR count). The number of amides is 1. The van der Waals surface area contributed by atoms with E-state index in [0.717, 1.165) is 6.42 Å². The normalized spacial score (nSPS) is 10.8. The number of rotatable bonds is 10. The van der Waals surface area contributed by atoms with E-state index in [-0.39, 0.29) is 5.91 Å². The molecular weight excluding hydrogens is 260 g/mol. The number of hydrogen-bond donors (Lipinski definition) is 1. The number of nitrogens with zero attached hydrogens (tertiary/aromatic N) is 3. The zero-order valence-electron chi connectivity index (χ0n) is 12.2. The minimum atomic E-state index is -0.0890. The maximum atomic E-state index is 12.4. The van der Waals surface area contributed by atoms with Gasteiger partial charge < -0.3 is 24.7 Å². The molecule has 0 aromatic carbocycles. The largest absolute Gasteiger partial charge is 0.385 e. The molecule has 0 bridgehead atoms. The van der Waals surface area contributed by atoms with E-state index in [1.54, 1.807) is 31.6 Å². The predicted octanol–water partition coefficient (Wildman–Crippen LogP) is -0.0331. The molecule has 0 aliphatic heterocycles. The van der Waals surface area contributed by atoms with Gasteiger partial charge in [0.05, 0.1) is 12.9 Å². The molecular formula is C13H24N4O3. The summed E-state index contributed by atoms with van der Waals surface area (Å²) in [5.41, 5.74) is 5.92. The Kier molecular flexibility index (Phi) is 7.86. The van der Waals surface area contributed by atoms with Crippen molar-refractivity contribution in [2.45, 2.75) is 13.0 Å². The van der Waals surface area contributed by atoms with E-state index >= 15 is 0 Å². The fourth-order valence-electron chi connectivity index (χ4n) is 1.82. The van der Waals surface area contributed by atoms with E-state index in [1.807, 2.05) is 4.57 Å². The summed E-state index contributed by atoms with van der Waals surface area (Å²) in [4.78, 5) is 18.3. The van der Waals surface area contributed by atoms with Crippen molar-refractivity contribution in [2.75, 3.05) is 47.1 Å². The van der Waals surface area contributed by atoms with Gasteiger partial charge in [-0.25, -0.2) is 4.98 Å². The molecule has 1 aromatic rings. The third-order valence-electron chi connectivity index (χ3n) is 2.87. The van der Waals surface area contributed by atoms with Gasteiger partial charge in [0.15, 0.2) is 0 Å². The van der Waals surface area contributed by atoms with Crippen LogP contribution in [0.15, 0.2) is 12.5 Å². The molecule has 1 heterocycles. The number of methoxy groups -OCH3 is 2. The lowest BCUT2D eigenvalue weighted by Gasteiger charge is -2.21. The first-order chi connectivity index (χ1) is 9.72. The third kappa shape index (κ3) is 5.28. The Bertz CT molecular complexity index is 395. The molecule has 0 saturated heterocycles. The molecule has 1 aromatic heterocycles. The second kappa shape index (κ2) is 9.46. The summed E-state index contributed by atoms with van der Waals surface area (Å²) in [5.74, 6) is -0.0890. The number of carbonyl (C=O) groups excluding carboxylic acids is 1. The van der Waals surface area contributed by atoms with Crippen LogP contribution in [-0.2, 0) is 16.0 Å². The first kappa shape index (κ1) is 16.6. The second-order valence-corrected chi connectivity index (χ2v) is 4.42. The van der Waals surface area contributed by atoms with Crippen LogP contribution < -0.4 is 5.73 Å². The average molecular weight is 284 g/mol. The number of aromatic nitrogens is 2. The lowest BCUT2D eigenvalue weighted by molar-refractivity contribution is 0.0669. The highest BCUT2D eigenvalue weighted by atomic mass is 16.5. The SMILES string of the molecule is COCCCN(CCOC)C(=O)c1cn(CCN)cn1. The summed E-state index contributed by atoms with van der Waals surface area (Å²) >= 11 is 0. The molecule has 20 heavy (non-hydrogen) atoms. The molecule has 2 N–H and O–H groups in total. The van der Waals surface area contributed by atoms with Crippen LogP contribution in [0.2, 0.25) is 0 Å². The number of hydrogen-bond acceptors (Lipinski definition) is 5. The molecule has 0 saturated carbocycles. The van der Waals surface area contributed by atoms with Crippen LogP contribution >= 0.6 is 0 Å². The van der Waals surface area contributed by atoms with Crippen LogP contribution in [0.1, 0.15) is 16.9 Å². The Morgan fingerprint density at radius 3 is 2.75 bits per heavy atom. The molecule has 0 aliphatic carbocycles. The van der Waals surface area contributed by atoms with E-state index in [9.17, 15) is 4.79 Å². The lowest BCUT2D eigenvalue weighted by atomic mass is 10.3. The van der Waals surface area contributed by atoms with Gasteiger partial charge in [-0.1, -0.05) is 0 Å². The fraction of sp³-hybridized carbons (Fsp3) is 0.692. The molecule has 114 valence electrons. The summed E-state index contributed by atoms with van der Waals surface area (Å²) in [6.07, 6.45) is 4.14. The highest BCUT2D eigenvalue weighted by molar-refractivity contribution is 5.92. The molecule has 0 spiro atoms. The number of nitrogens with two attached hydrogens (primary N) is 1. The van der Waals surface area contributed by atoms with Gasteiger partial charge in [-0.15, -0.1) is 0 Å². The second-order valence-electron chi connectivity index (χ2n) is 4.42. The van der Waals surface area contributed by atoms with Gasteiger partial charge in [0, 0.05) is 53.2 Å². The zero-order valence-corrected chi connectivity index (χ0v) is 12.2. The molecule has 0 fully saturated rings. The van der Waals surface area contributed by atoms with Crippen molar-refractivity contribution in [3.63, 3.8) is 0 Å². The topological polar surface area (TPSA) is 82.6 Å². The van der Waals surface area contributed by atoms with Crippen molar-refractivity contribution in [1.29, 1.82) is 0 Å². The van der Waals surface area contributed by atoms with Gasteiger partial charge in [0.1, 0.15) is 5.69 Å². The lowest BCUT2D eigenvalue weighted by Crippen LogP contribution is -2.35. The van der Waals surface area contributed by atoms with Gasteiger partial charge in [0.25, 0.3) is 5.91 Å². The van der Waals surface area contributed by atoms with Crippen molar-refractivity contribution in [2.24, 2.45) is 5.73 Å². The Morgan fingerprint density at radius 2 is 2.10 bits per heavy atom. The number of ether oxygens (including phenoxy) is 2. The summed E-state index contributed by atoms with van der Waals surface area (Å²) < 4.78 is 11.9. The molecule has 1 amide bonds. The predicted molar refractivity (Wildman–Crippen MR) is 75.6 cm³/mol. The van der Waals surface area contributed by atoms with E-state index in [2.05, 4.69) is 4.98 Å². The average Bonchev–Trinajstić information content (AvgIpc) is 2.91. The maximum Gasteiger partial charge on any atom is 0.274 e. The summed E-state index contributed by atoms with van der Waals surface area (Å²) in [6, 6.07) is 0. The van der Waals surface area contributed by atoms with Gasteiger partial charge in [-0.3, -0.25) is 4.79 Å². The molecule has 7 nitrogen and oxygen atoms in total. The van der Waals surface area contributed by atoms with Crippen molar-refractivity contribution in [1.82, 2.24) is 14.5 Å². The van der Waals surface area contributed by atoms with E-state index in [0.29, 0.717) is 45.1 Å². The first-order valence-corrected chi connectivity index (χ1v) is 6.72. The summed E-state index contributed by atoms with van der Waals surface area (Å²) in [6.45, 7) is 3.47. The summed E-state index contributed by atoms with van der Waals surface area (Å²) in [5, 5.41) is 0. The molecule has 0 atom stereocenters. The van der Waals surface area contributed by atoms with Crippen molar-refractivity contribution in [3.05, 3.63) is 18.2 Å². The fourth-order valence-corrected chi connectivity index (χ4v) is 1.82. The Balaban J connectivity index is 2.63. The van der Waals surface area contributed by atoms with Crippen molar-refractivity contribution < 1.29 is 14.3 Å². The number of imidazole rings is 1. The Hall–Kier alpha value is -1.44. The van der Waals surface area contributed by atoms with Crippen LogP contribution in [0.4, 0.5) is 0 Å². The van der Waals surface area contributed by atoms with Crippen molar-refractivity contribution >= 4 is 5.91 Å². The number of carbonyl (C=O) groups is 1. The van der Waals surface area contributed by atoms with Crippen LogP contribution in [0.5, 0.6) is 0 Å². The molecule has 7 heteroatoms. The first-order valence-electron chi connectivity index (χ1n) is 6.72. The smallest absolute Gasteiger partial charge is 0.274 e. The van der Waals surface area contributed by atoms with E-state index in [4.69, 9.17) is 15.2 Å². The Labute approximate surface area is 119 Å². The summed E-state index contributed by atoms with van der Waals surface area (Å²) in [7, 11) is 3.27. The Morgan fingerprint density at radius 1 is 1.35 bits per heavy atom. The van der Waals surface area contributed by atoms with Gasteiger partial charge in [0.2, 0.25) is 0 Å². The monoisotopic (exact) mass is 284 g/mol. The van der Waals surface area contributed by atoms with E-state index < -0.39 is 0 Å². The van der Waals surface area contributed by atoms with Crippen LogP contribution in [0.25, 0.3) is 0 Å². The van der Waals surface area contributed by atoms with Crippen molar-refractivity contribution in [3.8, 4) is 0 Å². The van der Waals surface area contributed by atoms with Gasteiger partial charge in [-0.2, -0.15) is 0 Å².